The molecule has 0 saturated heterocycles. The van der Waals surface area contributed by atoms with Crippen molar-refractivity contribution in [2.45, 2.75) is 108 Å². The van der Waals surface area contributed by atoms with Crippen molar-refractivity contribution in [3.8, 4) is 0 Å². The Morgan fingerprint density at radius 3 is 0.472 bits per heavy atom. The number of hydrogen-bond acceptors (Lipinski definition) is 8. The van der Waals surface area contributed by atoms with Crippen molar-refractivity contribution in [1.82, 2.24) is 0 Å². The van der Waals surface area contributed by atoms with E-state index >= 15 is 0 Å². The van der Waals surface area contributed by atoms with Crippen LogP contribution in [0.5, 0.6) is 0 Å². The fourth-order valence-electron chi connectivity index (χ4n) is 1.69. The summed E-state index contributed by atoms with van der Waals surface area (Å²) in [5.41, 5.74) is -3.67. The molecule has 0 heterocycles. The minimum Gasteiger partial charge on any atom is -0.504 e. The zero-order valence-corrected chi connectivity index (χ0v) is 34.4. The van der Waals surface area contributed by atoms with Gasteiger partial charge < -0.3 is 20.4 Å². The molecular weight excluding hydrogens is 919 g/mol. The van der Waals surface area contributed by atoms with Crippen LogP contribution in [0, 0.1) is 21.7 Å². The van der Waals surface area contributed by atoms with E-state index in [4.69, 9.17) is 20.4 Å². The van der Waals surface area contributed by atoms with Gasteiger partial charge in [0, 0.05) is 71.8 Å². The molecule has 0 unspecified atom stereocenters. The van der Waals surface area contributed by atoms with E-state index in [1.54, 1.807) is 0 Å². The van der Waals surface area contributed by atoms with E-state index in [0.29, 0.717) is 0 Å². The van der Waals surface area contributed by atoms with Gasteiger partial charge in [0.05, 0.1) is 0 Å². The first-order chi connectivity index (χ1) is 22.2. The van der Waals surface area contributed by atoms with E-state index in [2.05, 4.69) is 0 Å². The van der Waals surface area contributed by atoms with Gasteiger partial charge in [-0.1, -0.05) is 83.1 Å². The van der Waals surface area contributed by atoms with Gasteiger partial charge in [-0.05, 0) is 0 Å². The molecule has 0 amide bonds. The van der Waals surface area contributed by atoms with Crippen LogP contribution < -0.4 is 0 Å². The molecule has 0 bridgehead atoms. The Morgan fingerprint density at radius 1 is 0.321 bits per heavy atom. The molecular formula is C32H44F12HfO8. The van der Waals surface area contributed by atoms with Gasteiger partial charge in [0.1, 0.15) is 0 Å². The van der Waals surface area contributed by atoms with Crippen molar-refractivity contribution in [3.05, 3.63) is 47.3 Å². The third kappa shape index (κ3) is 29.0. The summed E-state index contributed by atoms with van der Waals surface area (Å²) in [5.74, 6) is -10.5. The Hall–Kier alpha value is -3.13. The zero-order chi connectivity index (χ0) is 43.4. The van der Waals surface area contributed by atoms with Gasteiger partial charge in [0.2, 0.25) is 23.0 Å². The molecule has 8 nitrogen and oxygen atoms in total. The standard InChI is InChI=1S/4C8H11F3O2.Hf/c4*1-7(2,3)5(12)4-6(13)8(9,10)11;/h4*4,13H,1-3H3;. The Labute approximate surface area is 317 Å². The van der Waals surface area contributed by atoms with E-state index in [1.807, 2.05) is 0 Å². The van der Waals surface area contributed by atoms with Crippen LogP contribution in [0.2, 0.25) is 0 Å². The summed E-state index contributed by atoms with van der Waals surface area (Å²) in [5, 5.41) is 33.7. The van der Waals surface area contributed by atoms with Crippen LogP contribution in [0.4, 0.5) is 52.7 Å². The number of rotatable bonds is 4. The third-order valence-electron chi connectivity index (χ3n) is 5.19. The SMILES string of the molecule is CC(C)(C)C(=O)C=C(O)C(F)(F)F.CC(C)(C)C(=O)C=C(O)C(F)(F)F.CC(C)(C)C(=O)C=C(O)C(F)(F)F.CC(C)(C)C(=O)C=C(O)C(F)(F)F.[Hf]. The Bertz CT molecular complexity index is 1150. The summed E-state index contributed by atoms with van der Waals surface area (Å²) in [7, 11) is 0. The predicted octanol–water partition coefficient (Wildman–Crippen LogP) is 10.4. The molecule has 0 radical (unpaired) electrons. The van der Waals surface area contributed by atoms with Crippen LogP contribution in [0.3, 0.4) is 0 Å². The Morgan fingerprint density at radius 2 is 0.415 bits per heavy atom. The van der Waals surface area contributed by atoms with E-state index in [0.717, 1.165) is 0 Å². The molecule has 0 aliphatic carbocycles. The summed E-state index contributed by atoms with van der Waals surface area (Å²) >= 11 is 0. The van der Waals surface area contributed by atoms with Crippen molar-refractivity contribution in [3.63, 3.8) is 0 Å². The molecule has 0 saturated carbocycles. The summed E-state index contributed by atoms with van der Waals surface area (Å²) in [6.07, 6.45) is -18.6. The molecule has 0 aliphatic rings. The summed E-state index contributed by atoms with van der Waals surface area (Å²) in [6.45, 7) is 17.6. The van der Waals surface area contributed by atoms with E-state index < -0.39 is 92.5 Å². The first kappa shape index (κ1) is 59.2. The van der Waals surface area contributed by atoms with Gasteiger partial charge in [-0.15, -0.1) is 0 Å². The van der Waals surface area contributed by atoms with Gasteiger partial charge in [-0.3, -0.25) is 19.2 Å². The average Bonchev–Trinajstić information content (AvgIpc) is 2.85. The monoisotopic (exact) mass is 964 g/mol. The smallest absolute Gasteiger partial charge is 0.448 e. The molecule has 0 aromatic carbocycles. The number of carbonyl (C=O) groups is 4. The van der Waals surface area contributed by atoms with Crippen molar-refractivity contribution in [2.75, 3.05) is 0 Å². The molecule has 4 N–H and O–H groups in total. The molecule has 21 heteroatoms. The van der Waals surface area contributed by atoms with Crippen molar-refractivity contribution in [2.24, 2.45) is 21.7 Å². The number of alkyl halides is 12. The molecule has 0 aliphatic heterocycles. The number of aliphatic hydroxyl groups excluding tert-OH is 4. The second-order valence-electron chi connectivity index (χ2n) is 14.6. The summed E-state index contributed by atoms with van der Waals surface area (Å²) in [6, 6.07) is 0. The van der Waals surface area contributed by atoms with Crippen LogP contribution >= 0.6 is 0 Å². The Kier molecular flexibility index (Phi) is 23.5. The van der Waals surface area contributed by atoms with Gasteiger partial charge in [0.25, 0.3) is 0 Å². The molecule has 0 fully saturated rings. The van der Waals surface area contributed by atoms with Gasteiger partial charge >= 0.3 is 24.7 Å². The fourth-order valence-corrected chi connectivity index (χ4v) is 1.69. The largest absolute Gasteiger partial charge is 0.504 e. The second-order valence-corrected chi connectivity index (χ2v) is 14.6. The number of carbonyl (C=O) groups excluding carboxylic acids is 4. The minimum atomic E-state index is -4.85. The molecule has 308 valence electrons. The first-order valence-corrected chi connectivity index (χ1v) is 14.3. The third-order valence-corrected chi connectivity index (χ3v) is 5.19. The molecule has 0 rings (SSSR count). The van der Waals surface area contributed by atoms with E-state index in [1.165, 1.54) is 83.1 Å². The number of allylic oxidation sites excluding steroid dienone is 8. The number of hydrogen-bond donors (Lipinski definition) is 4. The normalized spacial score (nSPS) is 14.2. The van der Waals surface area contributed by atoms with E-state index in [9.17, 15) is 71.9 Å². The van der Waals surface area contributed by atoms with Crippen LogP contribution in [-0.4, -0.2) is 68.3 Å². The van der Waals surface area contributed by atoms with Crippen molar-refractivity contribution in [1.29, 1.82) is 0 Å². The summed E-state index contributed by atoms with van der Waals surface area (Å²) in [4.78, 5) is 43.9. The van der Waals surface area contributed by atoms with Gasteiger partial charge in [0.15, 0.2) is 23.1 Å². The number of halogens is 12. The topological polar surface area (TPSA) is 149 Å². The molecule has 53 heavy (non-hydrogen) atoms. The molecule has 0 atom stereocenters. The average molecular weight is 963 g/mol. The maximum absolute atomic E-state index is 11.7. The first-order valence-electron chi connectivity index (χ1n) is 14.3. The maximum Gasteiger partial charge on any atom is 0.448 e. The molecule has 0 aromatic heterocycles. The minimum absolute atomic E-state index is 0. The summed E-state index contributed by atoms with van der Waals surface area (Å²) < 4.78 is 141. The molecule has 0 spiro atoms. The number of aliphatic hydroxyl groups is 4. The van der Waals surface area contributed by atoms with Crippen LogP contribution in [0.15, 0.2) is 47.3 Å². The predicted molar refractivity (Wildman–Crippen MR) is 165 cm³/mol. The van der Waals surface area contributed by atoms with Gasteiger partial charge in [-0.25, -0.2) is 0 Å². The van der Waals surface area contributed by atoms with Crippen molar-refractivity contribution >= 4 is 23.1 Å². The van der Waals surface area contributed by atoms with Crippen LogP contribution in [0.25, 0.3) is 0 Å². The second kappa shape index (κ2) is 21.1. The van der Waals surface area contributed by atoms with Crippen LogP contribution in [-0.2, 0) is 45.0 Å². The van der Waals surface area contributed by atoms with Gasteiger partial charge in [-0.2, -0.15) is 52.7 Å². The number of ketones is 4. The zero-order valence-electron chi connectivity index (χ0n) is 30.8. The maximum atomic E-state index is 11.7. The Balaban J connectivity index is -0.000000192. The molecule has 0 aromatic rings. The van der Waals surface area contributed by atoms with E-state index in [-0.39, 0.29) is 50.1 Å². The fraction of sp³-hybridized carbons (Fsp3) is 0.625. The quantitative estimate of drug-likeness (QED) is 0.0942. The van der Waals surface area contributed by atoms with Crippen molar-refractivity contribution < 1.29 is 118 Å². The van der Waals surface area contributed by atoms with Crippen LogP contribution in [0.1, 0.15) is 83.1 Å².